The Morgan fingerprint density at radius 2 is 1.66 bits per heavy atom. The lowest BCUT2D eigenvalue weighted by atomic mass is 9.48. The molecule has 246 valence electrons. The van der Waals surface area contributed by atoms with Gasteiger partial charge >= 0.3 is 12.1 Å². The van der Waals surface area contributed by atoms with Crippen molar-refractivity contribution in [2.24, 2.45) is 23.7 Å². The number of nitrogens with one attached hydrogen (secondary N) is 2. The first kappa shape index (κ1) is 30.0. The maximum atomic E-state index is 14.7. The largest absolute Gasteiger partial charge is 0.479 e. The van der Waals surface area contributed by atoms with Gasteiger partial charge in [0.05, 0.1) is 5.56 Å². The Kier molecular flexibility index (Phi) is 6.94. The predicted octanol–water partition coefficient (Wildman–Crippen LogP) is 5.24. The first-order valence-electron chi connectivity index (χ1n) is 16.1. The minimum atomic E-state index is -4.99. The van der Waals surface area contributed by atoms with Crippen LogP contribution in [0.3, 0.4) is 0 Å². The highest BCUT2D eigenvalue weighted by Gasteiger charge is 2.62. The van der Waals surface area contributed by atoms with Gasteiger partial charge in [0.1, 0.15) is 5.54 Å². The van der Waals surface area contributed by atoms with Crippen LogP contribution in [-0.4, -0.2) is 62.2 Å². The van der Waals surface area contributed by atoms with E-state index in [-0.39, 0.29) is 17.8 Å². The highest BCUT2D eigenvalue weighted by atomic mass is 19.4. The summed E-state index contributed by atoms with van der Waals surface area (Å²) in [4.78, 5) is 44.9. The van der Waals surface area contributed by atoms with Gasteiger partial charge in [-0.05, 0) is 98.4 Å². The van der Waals surface area contributed by atoms with Crippen molar-refractivity contribution in [1.29, 1.82) is 0 Å². The van der Waals surface area contributed by atoms with Crippen molar-refractivity contribution in [3.63, 3.8) is 0 Å². The summed E-state index contributed by atoms with van der Waals surface area (Å²) in [7, 11) is 0. The van der Waals surface area contributed by atoms with Gasteiger partial charge in [-0.3, -0.25) is 4.79 Å². The Bertz CT molecular complexity index is 1700. The Morgan fingerprint density at radius 1 is 0.979 bits per heavy atom. The van der Waals surface area contributed by atoms with Gasteiger partial charge in [0, 0.05) is 55.1 Å². The SMILES string of the molecule is O=C(NC1(C(=O)O)C2CC3CC(C2)CC1C3)c1cnc(N2CC3(CCOCC3)c3cc(Nc4ncccn4)ccc32)nc1C(F)(F)F. The quantitative estimate of drug-likeness (QED) is 0.325. The molecule has 1 amide bonds. The molecule has 1 spiro atoms. The molecule has 3 aromatic rings. The maximum absolute atomic E-state index is 14.7. The summed E-state index contributed by atoms with van der Waals surface area (Å²) < 4.78 is 49.6. The first-order chi connectivity index (χ1) is 22.6. The molecule has 3 N–H and O–H groups in total. The van der Waals surface area contributed by atoms with Crippen LogP contribution in [-0.2, 0) is 21.1 Å². The highest BCUT2D eigenvalue weighted by Crippen LogP contribution is 2.58. The van der Waals surface area contributed by atoms with Crippen LogP contribution in [0.15, 0.2) is 42.9 Å². The zero-order valence-electron chi connectivity index (χ0n) is 25.5. The van der Waals surface area contributed by atoms with E-state index >= 15 is 0 Å². The molecule has 0 unspecified atom stereocenters. The number of rotatable bonds is 6. The number of anilines is 4. The Hall–Kier alpha value is -4.33. The molecule has 2 aliphatic heterocycles. The van der Waals surface area contributed by atoms with Gasteiger partial charge in [-0.1, -0.05) is 0 Å². The third-order valence-electron chi connectivity index (χ3n) is 11.2. The molecule has 14 heteroatoms. The molecule has 2 aromatic heterocycles. The van der Waals surface area contributed by atoms with Gasteiger partial charge in [-0.15, -0.1) is 0 Å². The number of fused-ring (bicyclic) bond motifs is 2. The molecule has 4 aliphatic carbocycles. The number of halogens is 3. The van der Waals surface area contributed by atoms with Crippen LogP contribution in [0.25, 0.3) is 0 Å². The van der Waals surface area contributed by atoms with E-state index in [4.69, 9.17) is 4.74 Å². The molecule has 0 radical (unpaired) electrons. The van der Waals surface area contributed by atoms with Crippen molar-refractivity contribution in [3.8, 4) is 0 Å². The number of benzene rings is 1. The maximum Gasteiger partial charge on any atom is 0.434 e. The second-order valence-corrected chi connectivity index (χ2v) is 13.8. The summed E-state index contributed by atoms with van der Waals surface area (Å²) in [6, 6.07) is 7.27. The average molecular weight is 650 g/mol. The van der Waals surface area contributed by atoms with Crippen molar-refractivity contribution in [2.45, 2.75) is 62.1 Å². The number of hydrogen-bond acceptors (Lipinski definition) is 9. The molecule has 6 aliphatic rings. The van der Waals surface area contributed by atoms with Gasteiger partial charge in [-0.25, -0.2) is 24.7 Å². The Morgan fingerprint density at radius 3 is 2.30 bits per heavy atom. The number of carboxylic acids is 1. The van der Waals surface area contributed by atoms with E-state index < -0.39 is 40.3 Å². The Balaban J connectivity index is 1.14. The molecule has 0 atom stereocenters. The topological polar surface area (TPSA) is 142 Å². The van der Waals surface area contributed by atoms with Crippen LogP contribution in [0, 0.1) is 23.7 Å². The summed E-state index contributed by atoms with van der Waals surface area (Å²) in [6.45, 7) is 1.32. The lowest BCUT2D eigenvalue weighted by Gasteiger charge is -2.59. The smallest absolute Gasteiger partial charge is 0.434 e. The number of carbonyl (C=O) groups is 2. The van der Waals surface area contributed by atoms with Crippen LogP contribution >= 0.6 is 0 Å². The molecular formula is C33H34F3N7O4. The zero-order chi connectivity index (χ0) is 32.6. The van der Waals surface area contributed by atoms with E-state index in [2.05, 4.69) is 30.6 Å². The summed E-state index contributed by atoms with van der Waals surface area (Å²) in [5, 5.41) is 16.2. The lowest BCUT2D eigenvalue weighted by molar-refractivity contribution is -0.163. The molecule has 1 saturated heterocycles. The number of alkyl halides is 3. The third kappa shape index (κ3) is 4.90. The molecule has 5 fully saturated rings. The van der Waals surface area contributed by atoms with Crippen LogP contribution in [0.2, 0.25) is 0 Å². The number of nitrogens with zero attached hydrogens (tertiary/aromatic N) is 5. The van der Waals surface area contributed by atoms with Gasteiger partial charge in [0.15, 0.2) is 5.69 Å². The fourth-order valence-corrected chi connectivity index (χ4v) is 9.28. The third-order valence-corrected chi connectivity index (χ3v) is 11.2. The monoisotopic (exact) mass is 649 g/mol. The second-order valence-electron chi connectivity index (χ2n) is 13.8. The lowest BCUT2D eigenvalue weighted by Crippen LogP contribution is -2.70. The number of aliphatic carboxylic acids is 1. The van der Waals surface area contributed by atoms with Crippen molar-refractivity contribution in [3.05, 3.63) is 59.7 Å². The van der Waals surface area contributed by atoms with Gasteiger partial charge in [0.2, 0.25) is 11.9 Å². The fraction of sp³-hybridized carbons (Fsp3) is 0.515. The second kappa shape index (κ2) is 10.9. The minimum absolute atomic E-state index is 0.187. The molecule has 1 aromatic carbocycles. The van der Waals surface area contributed by atoms with E-state index in [1.54, 1.807) is 29.4 Å². The first-order valence-corrected chi connectivity index (χ1v) is 16.1. The number of ether oxygens (including phenoxy) is 1. The molecule has 47 heavy (non-hydrogen) atoms. The molecule has 4 bridgehead atoms. The van der Waals surface area contributed by atoms with Crippen molar-refractivity contribution < 1.29 is 32.6 Å². The highest BCUT2D eigenvalue weighted by molar-refractivity contribution is 5.99. The molecule has 4 heterocycles. The van der Waals surface area contributed by atoms with Crippen molar-refractivity contribution in [1.82, 2.24) is 25.3 Å². The summed E-state index contributed by atoms with van der Waals surface area (Å²) >= 11 is 0. The summed E-state index contributed by atoms with van der Waals surface area (Å²) in [5.41, 5.74) is -1.89. The fourth-order valence-electron chi connectivity index (χ4n) is 9.28. The van der Waals surface area contributed by atoms with E-state index in [0.717, 1.165) is 23.9 Å². The molecular weight excluding hydrogens is 615 g/mol. The number of carbonyl (C=O) groups excluding carboxylic acids is 1. The minimum Gasteiger partial charge on any atom is -0.479 e. The van der Waals surface area contributed by atoms with Crippen LogP contribution in [0.1, 0.15) is 66.6 Å². The van der Waals surface area contributed by atoms with E-state index in [1.807, 2.05) is 12.1 Å². The average Bonchev–Trinajstić information content (AvgIpc) is 3.35. The van der Waals surface area contributed by atoms with Crippen molar-refractivity contribution in [2.75, 3.05) is 30.0 Å². The standard InChI is InChI=1S/C33H34F3N7O4/c34-33(35,36)26-23(27(44)42-32(28(45)46)20-11-18-10-19(13-20)14-21(32)12-18)16-39-30(41-26)43-17-31(4-8-47-9-5-31)24-15-22(2-3-25(24)43)40-29-37-6-1-7-38-29/h1-3,6-7,15-16,18-21H,4-5,8-14,17H2,(H,42,44)(H,45,46)(H,37,38,40). The van der Waals surface area contributed by atoms with E-state index in [1.165, 1.54) is 0 Å². The summed E-state index contributed by atoms with van der Waals surface area (Å²) in [6.07, 6.45) is 4.09. The van der Waals surface area contributed by atoms with Crippen LogP contribution < -0.4 is 15.5 Å². The zero-order valence-corrected chi connectivity index (χ0v) is 25.5. The summed E-state index contributed by atoms with van der Waals surface area (Å²) in [5.74, 6) is -1.91. The van der Waals surface area contributed by atoms with E-state index in [0.29, 0.717) is 81.8 Å². The number of hydrogen-bond donors (Lipinski definition) is 3. The Labute approximate surface area is 268 Å². The molecule has 9 rings (SSSR count). The van der Waals surface area contributed by atoms with Crippen LogP contribution in [0.4, 0.5) is 36.4 Å². The van der Waals surface area contributed by atoms with Crippen molar-refractivity contribution >= 4 is 35.1 Å². The molecule has 4 saturated carbocycles. The van der Waals surface area contributed by atoms with Gasteiger partial charge in [-0.2, -0.15) is 13.2 Å². The molecule has 11 nitrogen and oxygen atoms in total. The number of aromatic nitrogens is 4. The number of carboxylic acid groups (broad SMARTS) is 1. The predicted molar refractivity (Wildman–Crippen MR) is 162 cm³/mol. The normalized spacial score (nSPS) is 28.7. The number of amides is 1. The van der Waals surface area contributed by atoms with Gasteiger partial charge in [0.25, 0.3) is 5.91 Å². The van der Waals surface area contributed by atoms with E-state index in [9.17, 15) is 27.9 Å². The van der Waals surface area contributed by atoms with Crippen LogP contribution in [0.5, 0.6) is 0 Å². The van der Waals surface area contributed by atoms with Gasteiger partial charge < -0.3 is 25.4 Å².